The number of amides is 1. The predicted octanol–water partition coefficient (Wildman–Crippen LogP) is 4.05. The van der Waals surface area contributed by atoms with Crippen molar-refractivity contribution in [3.63, 3.8) is 0 Å². The molecule has 0 radical (unpaired) electrons. The van der Waals surface area contributed by atoms with Crippen LogP contribution >= 0.6 is 15.9 Å². The molecule has 2 rings (SSSR count). The molecule has 0 aliphatic carbocycles. The molecule has 1 amide bonds. The summed E-state index contributed by atoms with van der Waals surface area (Å²) < 4.78 is 12.0. The van der Waals surface area contributed by atoms with Gasteiger partial charge in [-0.15, -0.1) is 0 Å². The van der Waals surface area contributed by atoms with Gasteiger partial charge < -0.3 is 14.5 Å². The third-order valence-corrected chi connectivity index (χ3v) is 3.98. The van der Waals surface area contributed by atoms with E-state index in [-0.39, 0.29) is 5.91 Å². The van der Waals surface area contributed by atoms with Gasteiger partial charge in [-0.1, -0.05) is 6.07 Å². The molecule has 0 saturated carbocycles. The lowest BCUT2D eigenvalue weighted by Crippen LogP contribution is -2.36. The number of ether oxygens (including phenoxy) is 1. The Kier molecular flexibility index (Phi) is 5.29. The van der Waals surface area contributed by atoms with Crippen LogP contribution in [0.5, 0.6) is 5.75 Å². The average Bonchev–Trinajstić information content (AvgIpc) is 2.77. The summed E-state index contributed by atoms with van der Waals surface area (Å²) in [6.45, 7) is 7.94. The van der Waals surface area contributed by atoms with Gasteiger partial charge in [0.1, 0.15) is 17.3 Å². The van der Waals surface area contributed by atoms with E-state index in [1.54, 1.807) is 6.92 Å². The summed E-state index contributed by atoms with van der Waals surface area (Å²) in [6, 6.07) is 7.68. The molecule has 1 atom stereocenters. The van der Waals surface area contributed by atoms with Crippen molar-refractivity contribution in [1.82, 2.24) is 5.32 Å². The summed E-state index contributed by atoms with van der Waals surface area (Å²) in [6.07, 6.45) is -0.577. The maximum absolute atomic E-state index is 12.1. The number of nitrogens with one attached hydrogen (secondary N) is 1. The van der Waals surface area contributed by atoms with Gasteiger partial charge in [-0.3, -0.25) is 4.79 Å². The molecule has 22 heavy (non-hydrogen) atoms. The van der Waals surface area contributed by atoms with E-state index in [9.17, 15) is 4.79 Å². The summed E-state index contributed by atoms with van der Waals surface area (Å²) in [5.74, 6) is 2.16. The van der Waals surface area contributed by atoms with Crippen molar-refractivity contribution in [2.45, 2.75) is 40.3 Å². The minimum Gasteiger partial charge on any atom is -0.480 e. The maximum atomic E-state index is 12.1. The van der Waals surface area contributed by atoms with Gasteiger partial charge in [0, 0.05) is 12.1 Å². The molecular weight excluding hydrogens is 346 g/mol. The molecule has 0 spiro atoms. The van der Waals surface area contributed by atoms with Crippen LogP contribution in [0.3, 0.4) is 0 Å². The van der Waals surface area contributed by atoms with Crippen LogP contribution in [0.25, 0.3) is 0 Å². The van der Waals surface area contributed by atoms with E-state index in [4.69, 9.17) is 9.15 Å². The normalized spacial score (nSPS) is 12.0. The Morgan fingerprint density at radius 1 is 1.32 bits per heavy atom. The summed E-state index contributed by atoms with van der Waals surface area (Å²) in [4.78, 5) is 12.1. The van der Waals surface area contributed by atoms with Gasteiger partial charge in [0.2, 0.25) is 0 Å². The van der Waals surface area contributed by atoms with Crippen molar-refractivity contribution in [2.75, 3.05) is 0 Å². The number of rotatable bonds is 5. The molecule has 1 aromatic carbocycles. The van der Waals surface area contributed by atoms with Gasteiger partial charge in [-0.2, -0.15) is 0 Å². The van der Waals surface area contributed by atoms with Gasteiger partial charge in [0.15, 0.2) is 6.10 Å². The zero-order valence-electron chi connectivity index (χ0n) is 13.2. The van der Waals surface area contributed by atoms with Gasteiger partial charge in [-0.05, 0) is 67.4 Å². The fraction of sp³-hybridized carbons (Fsp3) is 0.353. The lowest BCUT2D eigenvalue weighted by Gasteiger charge is -2.16. The van der Waals surface area contributed by atoms with Crippen molar-refractivity contribution < 1.29 is 13.9 Å². The van der Waals surface area contributed by atoms with Crippen LogP contribution in [0.2, 0.25) is 0 Å². The van der Waals surface area contributed by atoms with Crippen molar-refractivity contribution in [2.24, 2.45) is 0 Å². The fourth-order valence-electron chi connectivity index (χ4n) is 2.13. The lowest BCUT2D eigenvalue weighted by atomic mass is 10.2. The standard InChI is InChI=1S/C17H20BrNO3/c1-10-5-6-16(15(18)7-10)22-13(4)17(20)19-9-14-8-11(2)21-12(14)3/h5-8,13H,9H2,1-4H3,(H,19,20). The van der Waals surface area contributed by atoms with E-state index in [1.807, 2.05) is 45.0 Å². The highest BCUT2D eigenvalue weighted by atomic mass is 79.9. The van der Waals surface area contributed by atoms with Crippen LogP contribution in [0.1, 0.15) is 29.6 Å². The minimum atomic E-state index is -0.577. The molecule has 4 nitrogen and oxygen atoms in total. The second-order valence-electron chi connectivity index (χ2n) is 5.35. The molecule has 0 saturated heterocycles. The SMILES string of the molecule is Cc1ccc(OC(C)C(=O)NCc2cc(C)oc2C)c(Br)c1. The zero-order chi connectivity index (χ0) is 16.3. The largest absolute Gasteiger partial charge is 0.480 e. The molecule has 5 heteroatoms. The third kappa shape index (κ3) is 4.13. The Hall–Kier alpha value is -1.75. The van der Waals surface area contributed by atoms with Crippen molar-refractivity contribution in [3.05, 3.63) is 51.4 Å². The van der Waals surface area contributed by atoms with Crippen molar-refractivity contribution in [1.29, 1.82) is 0 Å². The number of benzene rings is 1. The molecule has 0 fully saturated rings. The first kappa shape index (κ1) is 16.6. The summed E-state index contributed by atoms with van der Waals surface area (Å²) in [7, 11) is 0. The first-order valence-corrected chi connectivity index (χ1v) is 7.92. The predicted molar refractivity (Wildman–Crippen MR) is 89.0 cm³/mol. The molecule has 1 heterocycles. The molecule has 1 aromatic heterocycles. The molecule has 0 bridgehead atoms. The third-order valence-electron chi connectivity index (χ3n) is 3.36. The van der Waals surface area contributed by atoms with Crippen LogP contribution in [-0.4, -0.2) is 12.0 Å². The Morgan fingerprint density at radius 3 is 2.64 bits per heavy atom. The number of hydrogen-bond acceptors (Lipinski definition) is 3. The summed E-state index contributed by atoms with van der Waals surface area (Å²) in [5.41, 5.74) is 2.11. The molecular formula is C17H20BrNO3. The number of hydrogen-bond donors (Lipinski definition) is 1. The topological polar surface area (TPSA) is 51.5 Å². The van der Waals surface area contributed by atoms with E-state index >= 15 is 0 Å². The maximum Gasteiger partial charge on any atom is 0.261 e. The summed E-state index contributed by atoms with van der Waals surface area (Å²) in [5, 5.41) is 2.86. The van der Waals surface area contributed by atoms with E-state index in [2.05, 4.69) is 21.2 Å². The first-order chi connectivity index (χ1) is 10.4. The highest BCUT2D eigenvalue weighted by molar-refractivity contribution is 9.10. The van der Waals surface area contributed by atoms with Crippen LogP contribution in [0, 0.1) is 20.8 Å². The van der Waals surface area contributed by atoms with Gasteiger partial charge in [0.05, 0.1) is 4.47 Å². The second-order valence-corrected chi connectivity index (χ2v) is 6.20. The molecule has 0 aliphatic heterocycles. The van der Waals surface area contributed by atoms with E-state index in [0.29, 0.717) is 12.3 Å². The molecule has 2 aromatic rings. The number of aryl methyl sites for hydroxylation is 3. The van der Waals surface area contributed by atoms with E-state index < -0.39 is 6.10 Å². The number of carbonyl (C=O) groups excluding carboxylic acids is 1. The van der Waals surface area contributed by atoms with Crippen molar-refractivity contribution in [3.8, 4) is 5.75 Å². The number of furan rings is 1. The Balaban J connectivity index is 1.93. The second kappa shape index (κ2) is 7.01. The molecule has 1 N–H and O–H groups in total. The molecule has 1 unspecified atom stereocenters. The van der Waals surface area contributed by atoms with Gasteiger partial charge in [-0.25, -0.2) is 0 Å². The minimum absolute atomic E-state index is 0.161. The highest BCUT2D eigenvalue weighted by Crippen LogP contribution is 2.26. The summed E-state index contributed by atoms with van der Waals surface area (Å²) >= 11 is 3.44. The van der Waals surface area contributed by atoms with Gasteiger partial charge >= 0.3 is 0 Å². The highest BCUT2D eigenvalue weighted by Gasteiger charge is 2.16. The Morgan fingerprint density at radius 2 is 2.05 bits per heavy atom. The quantitative estimate of drug-likeness (QED) is 0.869. The Labute approximate surface area is 139 Å². The zero-order valence-corrected chi connectivity index (χ0v) is 14.8. The Bertz CT molecular complexity index is 679. The average molecular weight is 366 g/mol. The van der Waals surface area contributed by atoms with Gasteiger partial charge in [0.25, 0.3) is 5.91 Å². The van der Waals surface area contributed by atoms with Crippen LogP contribution in [-0.2, 0) is 11.3 Å². The van der Waals surface area contributed by atoms with Crippen LogP contribution < -0.4 is 10.1 Å². The monoisotopic (exact) mass is 365 g/mol. The van der Waals surface area contributed by atoms with E-state index in [1.165, 1.54) is 0 Å². The smallest absolute Gasteiger partial charge is 0.261 e. The van der Waals surface area contributed by atoms with Crippen LogP contribution in [0.15, 0.2) is 33.2 Å². The van der Waals surface area contributed by atoms with Crippen LogP contribution in [0.4, 0.5) is 0 Å². The number of halogens is 1. The fourth-order valence-corrected chi connectivity index (χ4v) is 2.72. The van der Waals surface area contributed by atoms with E-state index in [0.717, 1.165) is 27.1 Å². The number of carbonyl (C=O) groups is 1. The lowest BCUT2D eigenvalue weighted by molar-refractivity contribution is -0.127. The molecule has 118 valence electrons. The first-order valence-electron chi connectivity index (χ1n) is 7.13. The van der Waals surface area contributed by atoms with Crippen molar-refractivity contribution >= 4 is 21.8 Å². The molecule has 0 aliphatic rings.